The lowest BCUT2D eigenvalue weighted by Crippen LogP contribution is -2.60. The summed E-state index contributed by atoms with van der Waals surface area (Å²) in [4.78, 5) is 0. The predicted molar refractivity (Wildman–Crippen MR) is 82.8 cm³/mol. The molecule has 102 valence electrons. The Hall–Kier alpha value is -0.990. The topological polar surface area (TPSA) is 24.1 Å². The molecule has 3 rings (SSSR count). The number of hydrogen-bond donors (Lipinski definition) is 2. The molecule has 1 aromatic rings. The Morgan fingerprint density at radius 1 is 1.47 bits per heavy atom. The zero-order chi connectivity index (χ0) is 13.5. The van der Waals surface area contributed by atoms with Crippen molar-refractivity contribution in [2.24, 2.45) is 11.3 Å². The van der Waals surface area contributed by atoms with Crippen molar-refractivity contribution in [1.29, 1.82) is 0 Å². The van der Waals surface area contributed by atoms with Crippen molar-refractivity contribution in [2.75, 3.05) is 25.5 Å². The summed E-state index contributed by atoms with van der Waals surface area (Å²) in [5, 5.41) is 7.44. The zero-order valence-electron chi connectivity index (χ0n) is 11.4. The summed E-state index contributed by atoms with van der Waals surface area (Å²) in [7, 11) is 1.91. The molecule has 1 spiro atoms. The van der Waals surface area contributed by atoms with E-state index in [0.29, 0.717) is 5.41 Å². The number of rotatable bonds is 4. The fourth-order valence-corrected chi connectivity index (χ4v) is 3.95. The second kappa shape index (κ2) is 4.84. The molecular formula is C16H21ClN2. The molecule has 0 amide bonds. The smallest absolute Gasteiger partial charge is 0.0675 e. The van der Waals surface area contributed by atoms with Crippen LogP contribution in [-0.4, -0.2) is 20.1 Å². The normalized spacial score (nSPS) is 20.7. The van der Waals surface area contributed by atoms with E-state index in [1.807, 2.05) is 13.1 Å². The van der Waals surface area contributed by atoms with Crippen LogP contribution in [0.1, 0.15) is 24.0 Å². The van der Waals surface area contributed by atoms with E-state index in [9.17, 15) is 0 Å². The van der Waals surface area contributed by atoms with E-state index in [-0.39, 0.29) is 0 Å². The van der Waals surface area contributed by atoms with Gasteiger partial charge in [-0.15, -0.1) is 0 Å². The Bertz CT molecular complexity index is 498. The minimum Gasteiger partial charge on any atom is -0.386 e. The highest BCUT2D eigenvalue weighted by molar-refractivity contribution is 6.34. The van der Waals surface area contributed by atoms with Crippen molar-refractivity contribution < 1.29 is 0 Å². The highest BCUT2D eigenvalue weighted by Crippen LogP contribution is 2.50. The van der Waals surface area contributed by atoms with Gasteiger partial charge in [0.15, 0.2) is 0 Å². The number of halogens is 1. The number of nitrogens with one attached hydrogen (secondary N) is 2. The lowest BCUT2D eigenvalue weighted by Gasteiger charge is -2.54. The molecule has 19 heavy (non-hydrogen) atoms. The lowest BCUT2D eigenvalue weighted by molar-refractivity contribution is 0.000906. The minimum atomic E-state index is 0.643. The van der Waals surface area contributed by atoms with Gasteiger partial charge in [-0.1, -0.05) is 36.4 Å². The highest BCUT2D eigenvalue weighted by atomic mass is 35.5. The summed E-state index contributed by atoms with van der Waals surface area (Å²) < 4.78 is 0. The van der Waals surface area contributed by atoms with Crippen LogP contribution in [0.2, 0.25) is 5.02 Å². The molecule has 1 aliphatic heterocycles. The van der Waals surface area contributed by atoms with E-state index in [1.165, 1.54) is 31.5 Å². The van der Waals surface area contributed by atoms with E-state index >= 15 is 0 Å². The second-order valence-corrected chi connectivity index (χ2v) is 6.42. The maximum atomic E-state index is 6.51. The fraction of sp³-hybridized carbons (Fsp3) is 0.500. The fourth-order valence-electron chi connectivity index (χ4n) is 3.60. The Morgan fingerprint density at radius 3 is 2.74 bits per heavy atom. The van der Waals surface area contributed by atoms with Crippen LogP contribution in [0.25, 0.3) is 6.08 Å². The number of hydrogen-bond acceptors (Lipinski definition) is 2. The molecule has 3 heteroatoms. The van der Waals surface area contributed by atoms with Crippen LogP contribution in [0.5, 0.6) is 0 Å². The van der Waals surface area contributed by atoms with Gasteiger partial charge in [0.25, 0.3) is 0 Å². The largest absolute Gasteiger partial charge is 0.386 e. The van der Waals surface area contributed by atoms with Gasteiger partial charge in [-0.05, 0) is 41.7 Å². The maximum absolute atomic E-state index is 6.51. The van der Waals surface area contributed by atoms with Crippen molar-refractivity contribution in [3.8, 4) is 0 Å². The number of anilines is 1. The van der Waals surface area contributed by atoms with Gasteiger partial charge in [0.2, 0.25) is 0 Å². The first-order chi connectivity index (χ1) is 9.17. The van der Waals surface area contributed by atoms with Crippen LogP contribution < -0.4 is 10.6 Å². The van der Waals surface area contributed by atoms with Gasteiger partial charge >= 0.3 is 0 Å². The molecular weight excluding hydrogens is 256 g/mol. The van der Waals surface area contributed by atoms with Crippen LogP contribution in [0.4, 0.5) is 5.69 Å². The van der Waals surface area contributed by atoms with E-state index in [2.05, 4.69) is 29.3 Å². The maximum Gasteiger partial charge on any atom is 0.0675 e. The van der Waals surface area contributed by atoms with Crippen LogP contribution in [0, 0.1) is 11.3 Å². The quantitative estimate of drug-likeness (QED) is 0.879. The molecule has 1 aliphatic carbocycles. The Labute approximate surface area is 120 Å². The van der Waals surface area contributed by atoms with Gasteiger partial charge in [-0.2, -0.15) is 0 Å². The van der Waals surface area contributed by atoms with E-state index in [1.54, 1.807) is 0 Å². The molecule has 2 aliphatic rings. The summed E-state index contributed by atoms with van der Waals surface area (Å²) in [5.74, 6) is 0.805. The summed E-state index contributed by atoms with van der Waals surface area (Å²) in [5.41, 5.74) is 3.99. The van der Waals surface area contributed by atoms with Gasteiger partial charge in [0.05, 0.1) is 10.7 Å². The average molecular weight is 277 g/mol. The first-order valence-electron chi connectivity index (χ1n) is 7.00. The number of benzene rings is 1. The van der Waals surface area contributed by atoms with Crippen LogP contribution >= 0.6 is 11.6 Å². The SMILES string of the molecule is C=Cc1ccc(CC2CC3(CNC3)C2)c(Cl)c1NC. The van der Waals surface area contributed by atoms with Crippen LogP contribution in [0.3, 0.4) is 0 Å². The third-order valence-corrected chi connectivity index (χ3v) is 5.11. The second-order valence-electron chi connectivity index (χ2n) is 6.04. The predicted octanol–water partition coefficient (Wildman–Crippen LogP) is 3.57. The summed E-state index contributed by atoms with van der Waals surface area (Å²) in [6.45, 7) is 6.26. The van der Waals surface area contributed by atoms with Crippen molar-refractivity contribution in [2.45, 2.75) is 19.3 Å². The van der Waals surface area contributed by atoms with Gasteiger partial charge < -0.3 is 10.6 Å². The van der Waals surface area contributed by atoms with E-state index in [4.69, 9.17) is 11.6 Å². The summed E-state index contributed by atoms with van der Waals surface area (Å²) >= 11 is 6.51. The molecule has 0 atom stereocenters. The van der Waals surface area contributed by atoms with Crippen molar-refractivity contribution in [3.63, 3.8) is 0 Å². The molecule has 0 unspecified atom stereocenters. The first kappa shape index (κ1) is 13.0. The molecule has 0 aromatic heterocycles. The summed E-state index contributed by atoms with van der Waals surface area (Å²) in [6, 6.07) is 4.27. The van der Waals surface area contributed by atoms with Crippen LogP contribution in [-0.2, 0) is 6.42 Å². The van der Waals surface area contributed by atoms with Gasteiger partial charge in [0.1, 0.15) is 0 Å². The minimum absolute atomic E-state index is 0.643. The van der Waals surface area contributed by atoms with E-state index in [0.717, 1.165) is 28.6 Å². The lowest BCUT2D eigenvalue weighted by atomic mass is 9.57. The van der Waals surface area contributed by atoms with Crippen LogP contribution in [0.15, 0.2) is 18.7 Å². The molecule has 1 saturated carbocycles. The summed E-state index contributed by atoms with van der Waals surface area (Å²) in [6.07, 6.45) is 5.66. The Morgan fingerprint density at radius 2 is 2.21 bits per heavy atom. The molecule has 1 saturated heterocycles. The third-order valence-electron chi connectivity index (χ3n) is 4.68. The monoisotopic (exact) mass is 276 g/mol. The Kier molecular flexibility index (Phi) is 3.32. The van der Waals surface area contributed by atoms with Gasteiger partial charge in [0, 0.05) is 20.1 Å². The van der Waals surface area contributed by atoms with Crippen molar-refractivity contribution in [1.82, 2.24) is 5.32 Å². The standard InChI is InChI=1S/C16H21ClN2/c1-3-12-4-5-13(14(17)15(12)18-2)6-11-7-16(8-11)9-19-10-16/h3-5,11,18-19H,1,6-10H2,2H3. The third kappa shape index (κ3) is 2.17. The molecule has 2 fully saturated rings. The van der Waals surface area contributed by atoms with Gasteiger partial charge in [-0.25, -0.2) is 0 Å². The molecule has 2 nitrogen and oxygen atoms in total. The Balaban J connectivity index is 1.73. The van der Waals surface area contributed by atoms with Gasteiger partial charge in [-0.3, -0.25) is 0 Å². The van der Waals surface area contributed by atoms with Crippen molar-refractivity contribution in [3.05, 3.63) is 34.9 Å². The molecule has 2 N–H and O–H groups in total. The average Bonchev–Trinajstić information content (AvgIpc) is 2.32. The van der Waals surface area contributed by atoms with E-state index < -0.39 is 0 Å². The molecule has 0 radical (unpaired) electrons. The molecule has 0 bridgehead atoms. The molecule has 1 aromatic carbocycles. The zero-order valence-corrected chi connectivity index (χ0v) is 12.2. The highest BCUT2D eigenvalue weighted by Gasteiger charge is 2.48. The molecule has 1 heterocycles. The van der Waals surface area contributed by atoms with Crippen molar-refractivity contribution >= 4 is 23.4 Å². The first-order valence-corrected chi connectivity index (χ1v) is 7.37.